The second-order valence-electron chi connectivity index (χ2n) is 4.40. The van der Waals surface area contributed by atoms with Crippen molar-refractivity contribution in [2.24, 2.45) is 5.92 Å². The second-order valence-corrected chi connectivity index (χ2v) is 7.28. The molecule has 1 heterocycles. The van der Waals surface area contributed by atoms with Gasteiger partial charge in [-0.25, -0.2) is 8.42 Å². The molecule has 20 heavy (non-hydrogen) atoms. The van der Waals surface area contributed by atoms with Crippen LogP contribution in [0, 0.1) is 5.92 Å². The van der Waals surface area contributed by atoms with Crippen molar-refractivity contribution in [3.05, 3.63) is 29.8 Å². The van der Waals surface area contributed by atoms with Crippen molar-refractivity contribution >= 4 is 22.0 Å². The van der Waals surface area contributed by atoms with E-state index in [9.17, 15) is 21.6 Å². The average molecular weight is 327 g/mol. The summed E-state index contributed by atoms with van der Waals surface area (Å²) in [6.07, 6.45) is 0. The number of fused-ring (bicyclic) bond motifs is 1. The summed E-state index contributed by atoms with van der Waals surface area (Å²) in [6.45, 7) is 2.11. The zero-order chi connectivity index (χ0) is 15.0. The van der Waals surface area contributed by atoms with Crippen LogP contribution in [0.3, 0.4) is 0 Å². The number of hydrogen-bond acceptors (Lipinski definition) is 4. The Morgan fingerprint density at radius 1 is 1.35 bits per heavy atom. The van der Waals surface area contributed by atoms with E-state index in [1.807, 2.05) is 0 Å². The van der Waals surface area contributed by atoms with E-state index in [4.69, 9.17) is 4.74 Å². The van der Waals surface area contributed by atoms with Gasteiger partial charge in [-0.2, -0.15) is 17.3 Å². The third-order valence-corrected chi connectivity index (χ3v) is 5.68. The van der Waals surface area contributed by atoms with Crippen molar-refractivity contribution in [2.75, 3.05) is 6.61 Å². The van der Waals surface area contributed by atoms with Gasteiger partial charge in [0, 0.05) is 11.5 Å². The number of ether oxygens (including phenoxy) is 1. The Balaban J connectivity index is 2.18. The molecule has 0 bridgehead atoms. The number of para-hydroxylation sites is 1. The molecular weight excluding hydrogens is 315 g/mol. The third kappa shape index (κ3) is 3.04. The van der Waals surface area contributed by atoms with Crippen LogP contribution in [-0.2, 0) is 10.0 Å². The summed E-state index contributed by atoms with van der Waals surface area (Å²) in [5.74, 6) is 0.445. The zero-order valence-electron chi connectivity index (χ0n) is 10.3. The molecule has 2 rings (SSSR count). The number of rotatable bonds is 3. The Morgan fingerprint density at radius 3 is 2.65 bits per heavy atom. The lowest BCUT2D eigenvalue weighted by Gasteiger charge is -2.30. The van der Waals surface area contributed by atoms with Gasteiger partial charge >= 0.3 is 15.5 Å². The summed E-state index contributed by atoms with van der Waals surface area (Å²) >= 11 is 0.544. The molecule has 2 atom stereocenters. The van der Waals surface area contributed by atoms with E-state index in [1.54, 1.807) is 35.3 Å². The highest BCUT2D eigenvalue weighted by Crippen LogP contribution is 2.43. The Labute approximate surface area is 118 Å². The molecule has 112 valence electrons. The molecule has 0 fully saturated rings. The largest absolute Gasteiger partial charge is 0.512 e. The van der Waals surface area contributed by atoms with Crippen LogP contribution in [0.2, 0.25) is 0 Å². The lowest BCUT2D eigenvalue weighted by atomic mass is 9.98. The molecule has 0 aromatic heterocycles. The summed E-state index contributed by atoms with van der Waals surface area (Å²) < 4.78 is 65.9. The number of sulfonamides is 1. The Morgan fingerprint density at radius 2 is 2.00 bits per heavy atom. The van der Waals surface area contributed by atoms with Crippen molar-refractivity contribution in [3.63, 3.8) is 0 Å². The Hall–Kier alpha value is -0.930. The number of benzene rings is 1. The minimum absolute atomic E-state index is 0.120. The van der Waals surface area contributed by atoms with Gasteiger partial charge in [0.15, 0.2) is 0 Å². The average Bonchev–Trinajstić information content (AvgIpc) is 2.36. The Bertz CT molecular complexity index is 589. The van der Waals surface area contributed by atoms with Gasteiger partial charge in [-0.3, -0.25) is 0 Å². The zero-order valence-corrected chi connectivity index (χ0v) is 12.0. The quantitative estimate of drug-likeness (QED) is 0.868. The van der Waals surface area contributed by atoms with Gasteiger partial charge in [0.1, 0.15) is 5.75 Å². The van der Waals surface area contributed by atoms with Gasteiger partial charge in [-0.05, 0) is 6.07 Å². The molecule has 4 nitrogen and oxygen atoms in total. The molecule has 1 aliphatic rings. The normalized spacial score (nSPS) is 23.0. The third-order valence-electron chi connectivity index (χ3n) is 2.83. The molecule has 0 radical (unpaired) electrons. The first-order valence-corrected chi connectivity index (χ1v) is 8.04. The molecule has 1 N–H and O–H groups in total. The summed E-state index contributed by atoms with van der Waals surface area (Å²) in [6, 6.07) is 6.89. The maximum Gasteiger partial charge on any atom is 0.512 e. The topological polar surface area (TPSA) is 55.4 Å². The van der Waals surface area contributed by atoms with Gasteiger partial charge in [0.2, 0.25) is 0 Å². The van der Waals surface area contributed by atoms with Crippen molar-refractivity contribution < 1.29 is 26.3 Å². The fraction of sp³-hybridized carbons (Fsp3) is 0.455. The van der Waals surface area contributed by atoms with Gasteiger partial charge in [0.25, 0.3) is 0 Å². The van der Waals surface area contributed by atoms with E-state index in [0.717, 1.165) is 0 Å². The van der Waals surface area contributed by atoms with Crippen LogP contribution in [0.15, 0.2) is 24.3 Å². The van der Waals surface area contributed by atoms with Crippen LogP contribution in [0.25, 0.3) is 0 Å². The molecular formula is C11H12F3NO3S2. The molecule has 1 aromatic rings. The van der Waals surface area contributed by atoms with Crippen LogP contribution in [-0.4, -0.2) is 20.5 Å². The van der Waals surface area contributed by atoms with Gasteiger partial charge in [-0.15, -0.1) is 0 Å². The van der Waals surface area contributed by atoms with Crippen molar-refractivity contribution in [1.82, 2.24) is 4.13 Å². The molecule has 1 aromatic carbocycles. The summed E-state index contributed by atoms with van der Waals surface area (Å²) in [7, 11) is -5.35. The summed E-state index contributed by atoms with van der Waals surface area (Å²) in [4.78, 5) is 0. The summed E-state index contributed by atoms with van der Waals surface area (Å²) in [5, 5.41) is -0.433. The van der Waals surface area contributed by atoms with E-state index < -0.39 is 20.8 Å². The molecule has 0 amide bonds. The van der Waals surface area contributed by atoms with Crippen molar-refractivity contribution in [3.8, 4) is 5.75 Å². The monoisotopic (exact) mass is 327 g/mol. The van der Waals surface area contributed by atoms with Crippen molar-refractivity contribution in [1.29, 1.82) is 0 Å². The molecule has 0 spiro atoms. The van der Waals surface area contributed by atoms with Gasteiger partial charge < -0.3 is 4.74 Å². The highest BCUT2D eigenvalue weighted by atomic mass is 32.3. The number of hydrogen-bond donors (Lipinski definition) is 1. The predicted octanol–water partition coefficient (Wildman–Crippen LogP) is 2.84. The van der Waals surface area contributed by atoms with E-state index in [0.29, 0.717) is 29.9 Å². The van der Waals surface area contributed by atoms with E-state index in [1.165, 1.54) is 0 Å². The van der Waals surface area contributed by atoms with E-state index in [-0.39, 0.29) is 5.92 Å². The maximum atomic E-state index is 12.3. The smallest absolute Gasteiger partial charge is 0.493 e. The first-order chi connectivity index (χ1) is 9.22. The van der Waals surface area contributed by atoms with Crippen LogP contribution in [0.4, 0.5) is 13.2 Å². The fourth-order valence-corrected chi connectivity index (χ4v) is 3.74. The molecule has 9 heteroatoms. The number of alkyl halides is 3. The van der Waals surface area contributed by atoms with Crippen LogP contribution >= 0.6 is 11.9 Å². The number of halogens is 3. The van der Waals surface area contributed by atoms with E-state index in [2.05, 4.69) is 0 Å². The minimum Gasteiger partial charge on any atom is -0.493 e. The van der Waals surface area contributed by atoms with E-state index >= 15 is 0 Å². The lowest BCUT2D eigenvalue weighted by molar-refractivity contribution is -0.0440. The van der Waals surface area contributed by atoms with Crippen LogP contribution in [0.1, 0.15) is 17.7 Å². The molecule has 0 saturated heterocycles. The highest BCUT2D eigenvalue weighted by molar-refractivity contribution is 8.09. The van der Waals surface area contributed by atoms with Gasteiger partial charge in [-0.1, -0.05) is 37.1 Å². The molecule has 1 aliphatic heterocycles. The fourth-order valence-electron chi connectivity index (χ4n) is 1.80. The second kappa shape index (κ2) is 5.45. The SMILES string of the molecule is CC1COc2ccccc2C1SNS(=O)(=O)C(F)(F)F. The predicted molar refractivity (Wildman–Crippen MR) is 69.5 cm³/mol. The van der Waals surface area contributed by atoms with Gasteiger partial charge in [0.05, 0.1) is 11.9 Å². The molecule has 2 unspecified atom stereocenters. The molecule has 0 aliphatic carbocycles. The maximum absolute atomic E-state index is 12.3. The van der Waals surface area contributed by atoms with Crippen molar-refractivity contribution in [2.45, 2.75) is 17.7 Å². The first kappa shape index (κ1) is 15.5. The van der Waals surface area contributed by atoms with Crippen LogP contribution in [0.5, 0.6) is 5.75 Å². The molecule has 0 saturated carbocycles. The highest BCUT2D eigenvalue weighted by Gasteiger charge is 2.46. The lowest BCUT2D eigenvalue weighted by Crippen LogP contribution is -2.34. The van der Waals surface area contributed by atoms with Crippen LogP contribution < -0.4 is 8.86 Å². The summed E-state index contributed by atoms with van der Waals surface area (Å²) in [5.41, 5.74) is -4.63. The standard InChI is InChI=1S/C11H12F3NO3S2/c1-7-6-18-9-5-3-2-4-8(9)10(7)19-15-20(16,17)11(12,13)14/h2-5,7,10,15H,6H2,1H3. The minimum atomic E-state index is -5.35. The first-order valence-electron chi connectivity index (χ1n) is 5.68. The Kier molecular flexibility index (Phi) is 4.22. The number of nitrogens with one attached hydrogen (secondary N) is 1.